The van der Waals surface area contributed by atoms with Gasteiger partial charge in [-0.15, -0.1) is 18.3 Å². The Morgan fingerprint density at radius 1 is 1.17 bits per heavy atom. The highest BCUT2D eigenvalue weighted by Gasteiger charge is 2.31. The molecule has 1 unspecified atom stereocenters. The zero-order valence-corrected chi connectivity index (χ0v) is 17.4. The van der Waals surface area contributed by atoms with Crippen LogP contribution in [0.5, 0.6) is 5.75 Å². The van der Waals surface area contributed by atoms with Gasteiger partial charge in [0.05, 0.1) is 26.7 Å². The van der Waals surface area contributed by atoms with Crippen molar-refractivity contribution in [2.45, 2.75) is 23.7 Å². The molecule has 1 amide bonds. The van der Waals surface area contributed by atoms with Crippen LogP contribution in [-0.4, -0.2) is 37.7 Å². The summed E-state index contributed by atoms with van der Waals surface area (Å²) < 4.78 is 42.0. The number of thioether (sulfide) groups is 1. The lowest BCUT2D eigenvalue weighted by Crippen LogP contribution is -2.23. The monoisotopic (exact) mass is 477 g/mol. The molecule has 0 aliphatic carbocycles. The Morgan fingerprint density at radius 2 is 1.80 bits per heavy atom. The molecule has 0 aliphatic rings. The first kappa shape index (κ1) is 22.2. The molecular formula is C17H12Cl2F3N5O2S. The molecule has 0 radical (unpaired) electrons. The van der Waals surface area contributed by atoms with Crippen molar-refractivity contribution in [3.8, 4) is 11.4 Å². The van der Waals surface area contributed by atoms with E-state index < -0.39 is 17.5 Å². The average Bonchev–Trinajstić information content (AvgIpc) is 3.12. The van der Waals surface area contributed by atoms with Gasteiger partial charge in [-0.1, -0.05) is 41.0 Å². The van der Waals surface area contributed by atoms with E-state index in [1.165, 1.54) is 16.8 Å². The summed E-state index contributed by atoms with van der Waals surface area (Å²) in [5.41, 5.74) is 0.678. The van der Waals surface area contributed by atoms with Crippen molar-refractivity contribution >= 4 is 46.6 Å². The van der Waals surface area contributed by atoms with Crippen molar-refractivity contribution in [3.63, 3.8) is 0 Å². The molecule has 13 heteroatoms. The largest absolute Gasteiger partial charge is 0.573 e. The summed E-state index contributed by atoms with van der Waals surface area (Å²) in [7, 11) is 0. The van der Waals surface area contributed by atoms with Crippen LogP contribution < -0.4 is 10.1 Å². The highest BCUT2D eigenvalue weighted by Crippen LogP contribution is 2.31. The fraction of sp³-hybridized carbons (Fsp3) is 0.176. The van der Waals surface area contributed by atoms with Gasteiger partial charge < -0.3 is 10.1 Å². The summed E-state index contributed by atoms with van der Waals surface area (Å²) in [4.78, 5) is 12.5. The quantitative estimate of drug-likeness (QED) is 0.503. The second-order valence-electron chi connectivity index (χ2n) is 5.76. The van der Waals surface area contributed by atoms with E-state index >= 15 is 0 Å². The number of nitrogens with one attached hydrogen (secondary N) is 1. The number of benzene rings is 2. The second kappa shape index (κ2) is 9.11. The minimum absolute atomic E-state index is 0.257. The van der Waals surface area contributed by atoms with Crippen LogP contribution in [0.4, 0.5) is 18.9 Å². The molecule has 3 aromatic rings. The maximum Gasteiger partial charge on any atom is 0.573 e. The van der Waals surface area contributed by atoms with Crippen molar-refractivity contribution < 1.29 is 22.7 Å². The molecule has 0 aliphatic heterocycles. The van der Waals surface area contributed by atoms with E-state index in [1.807, 2.05) is 0 Å². The second-order valence-corrected chi connectivity index (χ2v) is 7.88. The Hall–Kier alpha value is -2.50. The van der Waals surface area contributed by atoms with Gasteiger partial charge in [0, 0.05) is 0 Å². The summed E-state index contributed by atoms with van der Waals surface area (Å²) in [6, 6.07) is 9.81. The third-order valence-electron chi connectivity index (χ3n) is 3.62. The van der Waals surface area contributed by atoms with E-state index in [2.05, 4.69) is 25.6 Å². The number of nitrogens with zero attached hydrogens (tertiary/aromatic N) is 4. The van der Waals surface area contributed by atoms with Gasteiger partial charge in [-0.05, 0) is 53.7 Å². The molecule has 1 aromatic heterocycles. The number of rotatable bonds is 6. The van der Waals surface area contributed by atoms with Crippen LogP contribution in [0.1, 0.15) is 6.92 Å². The number of carbonyl (C=O) groups is 1. The first-order chi connectivity index (χ1) is 14.1. The standard InChI is InChI=1S/C17H12Cl2F3N5O2S/c1-9(15(28)23-14-12(18)3-2-4-13(14)19)30-16-24-25-26-27(16)10-5-7-11(8-6-10)29-17(20,21)22/h2-9H,1H3,(H,23,28). The number of para-hydroxylation sites is 1. The number of anilines is 1. The lowest BCUT2D eigenvalue weighted by atomic mass is 10.3. The number of aromatic nitrogens is 4. The molecular weight excluding hydrogens is 466 g/mol. The van der Waals surface area contributed by atoms with E-state index in [0.717, 1.165) is 23.9 Å². The van der Waals surface area contributed by atoms with Crippen LogP contribution in [0.25, 0.3) is 5.69 Å². The molecule has 0 saturated heterocycles. The fourth-order valence-corrected chi connectivity index (χ4v) is 3.56. The molecule has 1 heterocycles. The smallest absolute Gasteiger partial charge is 0.406 e. The summed E-state index contributed by atoms with van der Waals surface area (Å²) in [6.45, 7) is 1.63. The number of halogens is 5. The number of tetrazole rings is 1. The molecule has 1 N–H and O–H groups in total. The average molecular weight is 478 g/mol. The van der Waals surface area contributed by atoms with E-state index in [0.29, 0.717) is 15.7 Å². The van der Waals surface area contributed by atoms with Crippen LogP contribution in [0, 0.1) is 0 Å². The van der Waals surface area contributed by atoms with Gasteiger partial charge >= 0.3 is 6.36 Å². The molecule has 2 aromatic carbocycles. The topological polar surface area (TPSA) is 81.9 Å². The van der Waals surface area contributed by atoms with E-state index in [1.54, 1.807) is 25.1 Å². The van der Waals surface area contributed by atoms with Crippen LogP contribution in [-0.2, 0) is 4.79 Å². The number of carbonyl (C=O) groups excluding carboxylic acids is 1. The van der Waals surface area contributed by atoms with Crippen molar-refractivity contribution in [3.05, 3.63) is 52.5 Å². The Morgan fingerprint density at radius 3 is 2.40 bits per heavy atom. The van der Waals surface area contributed by atoms with Gasteiger partial charge in [0.15, 0.2) is 0 Å². The van der Waals surface area contributed by atoms with E-state index in [-0.39, 0.29) is 16.6 Å². The third kappa shape index (κ3) is 5.55. The Kier molecular flexibility index (Phi) is 6.74. The first-order valence-corrected chi connectivity index (χ1v) is 9.83. The molecule has 0 bridgehead atoms. The number of amides is 1. The van der Waals surface area contributed by atoms with Crippen molar-refractivity contribution in [1.29, 1.82) is 0 Å². The molecule has 3 rings (SSSR count). The molecule has 7 nitrogen and oxygen atoms in total. The lowest BCUT2D eigenvalue weighted by molar-refractivity contribution is -0.274. The van der Waals surface area contributed by atoms with E-state index in [9.17, 15) is 18.0 Å². The zero-order valence-electron chi connectivity index (χ0n) is 15.0. The van der Waals surface area contributed by atoms with Crippen LogP contribution >= 0.6 is 35.0 Å². The highest BCUT2D eigenvalue weighted by molar-refractivity contribution is 8.00. The number of ether oxygens (including phenoxy) is 1. The van der Waals surface area contributed by atoms with Gasteiger partial charge in [-0.3, -0.25) is 4.79 Å². The normalized spacial score (nSPS) is 12.5. The number of hydrogen-bond acceptors (Lipinski definition) is 6. The maximum absolute atomic E-state index is 12.5. The Labute approximate surface area is 182 Å². The Bertz CT molecular complexity index is 1030. The number of alkyl halides is 3. The molecule has 158 valence electrons. The predicted molar refractivity (Wildman–Crippen MR) is 106 cm³/mol. The van der Waals surface area contributed by atoms with Gasteiger partial charge in [0.25, 0.3) is 0 Å². The van der Waals surface area contributed by atoms with Crippen molar-refractivity contribution in [1.82, 2.24) is 20.2 Å². The van der Waals surface area contributed by atoms with Crippen LogP contribution in [0.2, 0.25) is 10.0 Å². The number of hydrogen-bond donors (Lipinski definition) is 1. The molecule has 30 heavy (non-hydrogen) atoms. The van der Waals surface area contributed by atoms with E-state index in [4.69, 9.17) is 23.2 Å². The summed E-state index contributed by atoms with van der Waals surface area (Å²) in [6.07, 6.45) is -4.79. The van der Waals surface area contributed by atoms with Gasteiger partial charge in [0.2, 0.25) is 11.1 Å². The highest BCUT2D eigenvalue weighted by atomic mass is 35.5. The molecule has 0 spiro atoms. The van der Waals surface area contributed by atoms with Crippen LogP contribution in [0.15, 0.2) is 47.6 Å². The summed E-state index contributed by atoms with van der Waals surface area (Å²) in [5, 5.41) is 14.1. The van der Waals surface area contributed by atoms with Crippen molar-refractivity contribution in [2.24, 2.45) is 0 Å². The molecule has 0 saturated carbocycles. The fourth-order valence-electron chi connectivity index (χ4n) is 2.26. The summed E-state index contributed by atoms with van der Waals surface area (Å²) in [5.74, 6) is -0.767. The van der Waals surface area contributed by atoms with Gasteiger partial charge in [0.1, 0.15) is 5.75 Å². The van der Waals surface area contributed by atoms with Crippen molar-refractivity contribution in [2.75, 3.05) is 5.32 Å². The zero-order chi connectivity index (χ0) is 21.9. The minimum atomic E-state index is -4.79. The SMILES string of the molecule is CC(Sc1nnnn1-c1ccc(OC(F)(F)F)cc1)C(=O)Nc1c(Cl)cccc1Cl. The first-order valence-electron chi connectivity index (χ1n) is 8.20. The summed E-state index contributed by atoms with van der Waals surface area (Å²) >= 11 is 13.2. The molecule has 0 fully saturated rings. The van der Waals surface area contributed by atoms with Gasteiger partial charge in [-0.2, -0.15) is 4.68 Å². The predicted octanol–water partition coefficient (Wildman–Crippen LogP) is 4.99. The third-order valence-corrected chi connectivity index (χ3v) is 5.28. The van der Waals surface area contributed by atoms with Crippen LogP contribution in [0.3, 0.4) is 0 Å². The lowest BCUT2D eigenvalue weighted by Gasteiger charge is -2.14. The molecule has 1 atom stereocenters. The minimum Gasteiger partial charge on any atom is -0.406 e. The van der Waals surface area contributed by atoms with Gasteiger partial charge in [-0.25, -0.2) is 0 Å². The maximum atomic E-state index is 12.5. The Balaban J connectivity index is 1.71.